The number of rotatable bonds is 3. The smallest absolute Gasteiger partial charge is 0.258 e. The topological polar surface area (TPSA) is 63.2 Å². The Balaban J connectivity index is 2.30. The van der Waals surface area contributed by atoms with E-state index in [1.54, 1.807) is 24.3 Å². The van der Waals surface area contributed by atoms with Crippen molar-refractivity contribution in [2.45, 2.75) is 0 Å². The van der Waals surface area contributed by atoms with Gasteiger partial charge in [0.25, 0.3) is 11.8 Å². The molecule has 2 rings (SSSR count). The molecule has 17 heavy (non-hydrogen) atoms. The summed E-state index contributed by atoms with van der Waals surface area (Å²) < 4.78 is 0. The fourth-order valence-electron chi connectivity index (χ4n) is 1.54. The number of carbonyl (C=O) groups is 3. The van der Waals surface area contributed by atoms with Gasteiger partial charge < -0.3 is 0 Å². The average Bonchev–Trinajstić information content (AvgIpc) is 2.68. The summed E-state index contributed by atoms with van der Waals surface area (Å²) in [6.45, 7) is 0. The number of ketones is 1. The van der Waals surface area contributed by atoms with Gasteiger partial charge in [-0.3, -0.25) is 19.7 Å². The van der Waals surface area contributed by atoms with Crippen molar-refractivity contribution < 1.29 is 14.4 Å². The Kier molecular flexibility index (Phi) is 3.06. The highest BCUT2D eigenvalue weighted by Gasteiger charge is 2.21. The van der Waals surface area contributed by atoms with E-state index in [4.69, 9.17) is 11.6 Å². The summed E-state index contributed by atoms with van der Waals surface area (Å²) in [6, 6.07) is 6.39. The number of alkyl halides is 1. The molecule has 1 heterocycles. The number of benzene rings is 1. The molecule has 0 aliphatic carbocycles. The van der Waals surface area contributed by atoms with E-state index in [-0.39, 0.29) is 11.7 Å². The van der Waals surface area contributed by atoms with Crippen LogP contribution in [0.2, 0.25) is 0 Å². The van der Waals surface area contributed by atoms with Crippen LogP contribution in [0, 0.1) is 0 Å². The van der Waals surface area contributed by atoms with Gasteiger partial charge in [-0.15, -0.1) is 11.6 Å². The summed E-state index contributed by atoms with van der Waals surface area (Å²) in [7, 11) is 0. The van der Waals surface area contributed by atoms with Crippen molar-refractivity contribution in [1.29, 1.82) is 0 Å². The monoisotopic (exact) mass is 249 g/mol. The second-order valence-corrected chi connectivity index (χ2v) is 3.78. The van der Waals surface area contributed by atoms with Gasteiger partial charge in [0.1, 0.15) is 0 Å². The molecule has 0 aromatic heterocycles. The van der Waals surface area contributed by atoms with Crippen LogP contribution in [-0.2, 0) is 9.59 Å². The van der Waals surface area contributed by atoms with E-state index in [9.17, 15) is 14.4 Å². The van der Waals surface area contributed by atoms with Gasteiger partial charge in [0.2, 0.25) is 0 Å². The molecular weight excluding hydrogens is 242 g/mol. The van der Waals surface area contributed by atoms with Crippen LogP contribution in [-0.4, -0.2) is 23.5 Å². The molecule has 4 nitrogen and oxygen atoms in total. The molecule has 0 unspecified atom stereocenters. The maximum atomic E-state index is 11.4. The molecular formula is C12H8ClNO3. The first-order valence-corrected chi connectivity index (χ1v) is 5.42. The van der Waals surface area contributed by atoms with Gasteiger partial charge in [-0.1, -0.05) is 24.3 Å². The normalized spacial score (nSPS) is 14.5. The summed E-state index contributed by atoms with van der Waals surface area (Å²) in [6.07, 6.45) is 1.24. The predicted molar refractivity (Wildman–Crippen MR) is 62.6 cm³/mol. The maximum absolute atomic E-state index is 11.4. The lowest BCUT2D eigenvalue weighted by Gasteiger charge is -2.01. The first-order chi connectivity index (χ1) is 8.11. The Labute approximate surface area is 102 Å². The Morgan fingerprint density at radius 1 is 1.18 bits per heavy atom. The first-order valence-electron chi connectivity index (χ1n) is 4.88. The van der Waals surface area contributed by atoms with Crippen molar-refractivity contribution in [3.8, 4) is 0 Å². The van der Waals surface area contributed by atoms with Crippen molar-refractivity contribution in [1.82, 2.24) is 5.32 Å². The third kappa shape index (κ3) is 2.26. The van der Waals surface area contributed by atoms with Crippen LogP contribution in [0.3, 0.4) is 0 Å². The Morgan fingerprint density at radius 3 is 2.29 bits per heavy atom. The molecule has 5 heteroatoms. The van der Waals surface area contributed by atoms with Gasteiger partial charge in [-0.2, -0.15) is 0 Å². The number of imide groups is 1. The second-order valence-electron chi connectivity index (χ2n) is 3.51. The van der Waals surface area contributed by atoms with Gasteiger partial charge in [0.05, 0.1) is 11.5 Å². The molecule has 0 atom stereocenters. The zero-order chi connectivity index (χ0) is 12.4. The molecule has 0 saturated heterocycles. The fraction of sp³-hybridized carbons (Fsp3) is 0.0833. The Hall–Kier alpha value is -1.94. The van der Waals surface area contributed by atoms with Gasteiger partial charge >= 0.3 is 0 Å². The van der Waals surface area contributed by atoms with Crippen LogP contribution in [0.4, 0.5) is 0 Å². The molecule has 1 aliphatic heterocycles. The third-order valence-corrected chi connectivity index (χ3v) is 2.64. The molecule has 0 radical (unpaired) electrons. The summed E-state index contributed by atoms with van der Waals surface area (Å²) in [5, 5.41) is 2.16. The minimum Gasteiger partial charge on any atom is -0.293 e. The van der Waals surface area contributed by atoms with E-state index in [0.717, 1.165) is 0 Å². The van der Waals surface area contributed by atoms with Crippen LogP contribution in [0.15, 0.2) is 30.3 Å². The first kappa shape index (κ1) is 11.5. The second kappa shape index (κ2) is 4.51. The van der Waals surface area contributed by atoms with E-state index in [1.165, 1.54) is 6.08 Å². The average molecular weight is 250 g/mol. The maximum Gasteiger partial charge on any atom is 0.258 e. The van der Waals surface area contributed by atoms with E-state index >= 15 is 0 Å². The molecule has 2 amide bonds. The van der Waals surface area contributed by atoms with Crippen molar-refractivity contribution in [2.24, 2.45) is 0 Å². The molecule has 86 valence electrons. The number of hydrogen-bond donors (Lipinski definition) is 1. The van der Waals surface area contributed by atoms with E-state index in [2.05, 4.69) is 5.32 Å². The van der Waals surface area contributed by atoms with Crippen LogP contribution >= 0.6 is 11.6 Å². The number of halogens is 1. The van der Waals surface area contributed by atoms with Gasteiger partial charge in [-0.25, -0.2) is 0 Å². The predicted octanol–water partition coefficient (Wildman–Crippen LogP) is 1.15. The van der Waals surface area contributed by atoms with Crippen LogP contribution < -0.4 is 5.32 Å². The highest BCUT2D eigenvalue weighted by molar-refractivity contribution is 6.33. The van der Waals surface area contributed by atoms with Crippen molar-refractivity contribution >= 4 is 34.8 Å². The summed E-state index contributed by atoms with van der Waals surface area (Å²) in [5.41, 5.74) is 1.38. The molecule has 1 N–H and O–H groups in total. The van der Waals surface area contributed by atoms with E-state index < -0.39 is 11.8 Å². The van der Waals surface area contributed by atoms with Gasteiger partial charge in [0, 0.05) is 11.6 Å². The summed E-state index contributed by atoms with van der Waals surface area (Å²) in [5.74, 6) is -1.11. The van der Waals surface area contributed by atoms with Crippen LogP contribution in [0.25, 0.3) is 5.57 Å². The quantitative estimate of drug-likeness (QED) is 0.497. The lowest BCUT2D eigenvalue weighted by molar-refractivity contribution is -0.123. The highest BCUT2D eigenvalue weighted by Crippen LogP contribution is 2.18. The minimum absolute atomic E-state index is 0.0823. The molecule has 0 fully saturated rings. The standard InChI is InChI=1S/C12H8ClNO3/c13-6-10(15)8-3-1-7(2-4-8)9-5-11(16)14-12(9)17/h1-5H,6H2,(H,14,16,17). The Morgan fingerprint density at radius 2 is 1.82 bits per heavy atom. The molecule has 0 bridgehead atoms. The summed E-state index contributed by atoms with van der Waals surface area (Å²) >= 11 is 5.43. The lowest BCUT2D eigenvalue weighted by Crippen LogP contribution is -2.21. The number of nitrogens with one attached hydrogen (secondary N) is 1. The highest BCUT2D eigenvalue weighted by atomic mass is 35.5. The van der Waals surface area contributed by atoms with E-state index in [1.807, 2.05) is 0 Å². The van der Waals surface area contributed by atoms with Crippen molar-refractivity contribution in [3.63, 3.8) is 0 Å². The SMILES string of the molecule is O=C1C=C(c2ccc(C(=O)CCl)cc2)C(=O)N1. The zero-order valence-electron chi connectivity index (χ0n) is 8.70. The molecule has 0 saturated carbocycles. The fourth-order valence-corrected chi connectivity index (χ4v) is 1.69. The third-order valence-electron chi connectivity index (χ3n) is 2.40. The van der Waals surface area contributed by atoms with Crippen molar-refractivity contribution in [2.75, 3.05) is 5.88 Å². The van der Waals surface area contributed by atoms with Gasteiger partial charge in [-0.05, 0) is 5.56 Å². The molecule has 0 spiro atoms. The van der Waals surface area contributed by atoms with Crippen LogP contribution in [0.5, 0.6) is 0 Å². The number of carbonyl (C=O) groups excluding carboxylic acids is 3. The number of hydrogen-bond acceptors (Lipinski definition) is 3. The number of Topliss-reactive ketones (excluding diaryl/α,β-unsaturated/α-hetero) is 1. The molecule has 1 aliphatic rings. The minimum atomic E-state index is -0.425. The lowest BCUT2D eigenvalue weighted by atomic mass is 10.0. The molecule has 1 aromatic carbocycles. The summed E-state index contributed by atoms with van der Waals surface area (Å²) in [4.78, 5) is 33.6. The van der Waals surface area contributed by atoms with Crippen molar-refractivity contribution in [3.05, 3.63) is 41.5 Å². The molecule has 1 aromatic rings. The largest absolute Gasteiger partial charge is 0.293 e. The Bertz CT molecular complexity index is 531. The zero-order valence-corrected chi connectivity index (χ0v) is 9.45. The number of amides is 2. The van der Waals surface area contributed by atoms with Crippen LogP contribution in [0.1, 0.15) is 15.9 Å². The van der Waals surface area contributed by atoms with E-state index in [0.29, 0.717) is 16.7 Å². The van der Waals surface area contributed by atoms with Gasteiger partial charge in [0.15, 0.2) is 5.78 Å².